The Morgan fingerprint density at radius 1 is 1.41 bits per heavy atom. The van der Waals surface area contributed by atoms with Gasteiger partial charge in [0, 0.05) is 18.0 Å². The van der Waals surface area contributed by atoms with Crippen LogP contribution >= 0.6 is 11.8 Å². The van der Waals surface area contributed by atoms with Gasteiger partial charge in [-0.25, -0.2) is 4.98 Å². The van der Waals surface area contributed by atoms with E-state index >= 15 is 0 Å². The topological polar surface area (TPSA) is 61.3 Å². The maximum atomic E-state index is 5.68. The van der Waals surface area contributed by atoms with Crippen LogP contribution in [0.15, 0.2) is 27.8 Å². The van der Waals surface area contributed by atoms with Crippen LogP contribution < -0.4 is 5.73 Å². The summed E-state index contributed by atoms with van der Waals surface area (Å²) in [6.07, 6.45) is 1.05. The van der Waals surface area contributed by atoms with Crippen molar-refractivity contribution in [2.75, 3.05) is 24.7 Å². The van der Waals surface area contributed by atoms with E-state index < -0.39 is 0 Å². The molecule has 0 fully saturated rings. The summed E-state index contributed by atoms with van der Waals surface area (Å²) in [6, 6.07) is 5.47. The van der Waals surface area contributed by atoms with Crippen LogP contribution in [0.4, 0.5) is 5.69 Å². The average molecular weight is 252 g/mol. The lowest BCUT2D eigenvalue weighted by Crippen LogP contribution is -1.97. The van der Waals surface area contributed by atoms with Gasteiger partial charge >= 0.3 is 0 Å². The van der Waals surface area contributed by atoms with Crippen molar-refractivity contribution in [3.05, 3.63) is 18.2 Å². The molecule has 1 aromatic heterocycles. The standard InChI is InChI=1S/C12H16N2O2S/c1-2-5-15-6-7-17-12-14-10-8-9(13)3-4-11(10)16-12/h3-4,8H,2,5-7,13H2,1H3. The first-order valence-electron chi connectivity index (χ1n) is 5.66. The molecular formula is C12H16N2O2S. The van der Waals surface area contributed by atoms with Gasteiger partial charge in [0.05, 0.1) is 6.61 Å². The van der Waals surface area contributed by atoms with Crippen molar-refractivity contribution in [3.63, 3.8) is 0 Å². The van der Waals surface area contributed by atoms with Gasteiger partial charge < -0.3 is 14.9 Å². The highest BCUT2D eigenvalue weighted by Gasteiger charge is 2.06. The smallest absolute Gasteiger partial charge is 0.256 e. The molecule has 2 rings (SSSR count). The molecule has 2 aromatic rings. The molecule has 0 amide bonds. The SMILES string of the molecule is CCCOCCSc1nc2cc(N)ccc2o1. The lowest BCUT2D eigenvalue weighted by Gasteiger charge is -1.99. The third-order valence-corrected chi connectivity index (χ3v) is 2.99. The van der Waals surface area contributed by atoms with E-state index in [-0.39, 0.29) is 0 Å². The number of ether oxygens (including phenoxy) is 1. The number of rotatable bonds is 6. The zero-order valence-corrected chi connectivity index (χ0v) is 10.6. The minimum atomic E-state index is 0.672. The van der Waals surface area contributed by atoms with Crippen molar-refractivity contribution in [2.45, 2.75) is 18.6 Å². The summed E-state index contributed by atoms with van der Waals surface area (Å²) in [6.45, 7) is 3.63. The first-order valence-corrected chi connectivity index (χ1v) is 6.65. The van der Waals surface area contributed by atoms with Gasteiger partial charge in [0.1, 0.15) is 5.52 Å². The van der Waals surface area contributed by atoms with E-state index in [0.29, 0.717) is 10.9 Å². The summed E-state index contributed by atoms with van der Waals surface area (Å²) in [5.74, 6) is 0.850. The lowest BCUT2D eigenvalue weighted by molar-refractivity contribution is 0.150. The fourth-order valence-electron chi connectivity index (χ4n) is 1.42. The van der Waals surface area contributed by atoms with E-state index in [1.54, 1.807) is 11.8 Å². The number of oxazole rings is 1. The van der Waals surface area contributed by atoms with E-state index in [9.17, 15) is 0 Å². The number of hydrogen-bond donors (Lipinski definition) is 1. The molecule has 0 aliphatic carbocycles. The number of nitrogen functional groups attached to an aromatic ring is 1. The molecule has 4 nitrogen and oxygen atoms in total. The fourth-order valence-corrected chi connectivity index (χ4v) is 2.11. The maximum absolute atomic E-state index is 5.68. The van der Waals surface area contributed by atoms with E-state index in [4.69, 9.17) is 14.9 Å². The predicted molar refractivity (Wildman–Crippen MR) is 70.3 cm³/mol. The monoisotopic (exact) mass is 252 g/mol. The van der Waals surface area contributed by atoms with Crippen LogP contribution in [0.3, 0.4) is 0 Å². The number of thioether (sulfide) groups is 1. The van der Waals surface area contributed by atoms with Crippen LogP contribution in [0.25, 0.3) is 11.1 Å². The number of anilines is 1. The van der Waals surface area contributed by atoms with Crippen LogP contribution in [0.1, 0.15) is 13.3 Å². The molecule has 0 radical (unpaired) electrons. The number of nitrogens with zero attached hydrogens (tertiary/aromatic N) is 1. The quantitative estimate of drug-likeness (QED) is 0.486. The van der Waals surface area contributed by atoms with Crippen LogP contribution in [0.2, 0.25) is 0 Å². The second kappa shape index (κ2) is 5.93. The molecule has 1 heterocycles. The maximum Gasteiger partial charge on any atom is 0.256 e. The Balaban J connectivity index is 1.91. The third kappa shape index (κ3) is 3.38. The van der Waals surface area contributed by atoms with E-state index in [2.05, 4.69) is 11.9 Å². The molecule has 0 saturated heterocycles. The molecule has 17 heavy (non-hydrogen) atoms. The second-order valence-corrected chi connectivity index (χ2v) is 4.71. The number of fused-ring (bicyclic) bond motifs is 1. The van der Waals surface area contributed by atoms with Crippen LogP contribution in [-0.4, -0.2) is 24.0 Å². The Kier molecular flexibility index (Phi) is 4.28. The van der Waals surface area contributed by atoms with Crippen LogP contribution in [0, 0.1) is 0 Å². The molecular weight excluding hydrogens is 236 g/mol. The van der Waals surface area contributed by atoms with Gasteiger partial charge in [-0.15, -0.1) is 0 Å². The molecule has 0 saturated carbocycles. The highest BCUT2D eigenvalue weighted by atomic mass is 32.2. The molecule has 1 aromatic carbocycles. The minimum absolute atomic E-state index is 0.672. The molecule has 0 bridgehead atoms. The average Bonchev–Trinajstić information content (AvgIpc) is 2.70. The number of benzene rings is 1. The summed E-state index contributed by atoms with van der Waals surface area (Å²) in [5, 5.41) is 0.672. The van der Waals surface area contributed by atoms with Crippen molar-refractivity contribution in [1.82, 2.24) is 4.98 Å². The highest BCUT2D eigenvalue weighted by Crippen LogP contribution is 2.24. The van der Waals surface area contributed by atoms with Crippen molar-refractivity contribution >= 4 is 28.5 Å². The first-order chi connectivity index (χ1) is 8.29. The van der Waals surface area contributed by atoms with Crippen molar-refractivity contribution in [3.8, 4) is 0 Å². The summed E-state index contributed by atoms with van der Waals surface area (Å²) < 4.78 is 11.0. The molecule has 92 valence electrons. The molecule has 2 N–H and O–H groups in total. The van der Waals surface area contributed by atoms with Gasteiger partial charge in [-0.2, -0.15) is 0 Å². The van der Waals surface area contributed by atoms with Gasteiger partial charge in [-0.05, 0) is 24.6 Å². The Morgan fingerprint density at radius 3 is 3.12 bits per heavy atom. The largest absolute Gasteiger partial charge is 0.431 e. The molecule has 0 unspecified atom stereocenters. The molecule has 0 aliphatic heterocycles. The van der Waals surface area contributed by atoms with E-state index in [0.717, 1.165) is 36.5 Å². The molecule has 0 spiro atoms. The molecule has 5 heteroatoms. The van der Waals surface area contributed by atoms with Gasteiger partial charge in [0.25, 0.3) is 5.22 Å². The summed E-state index contributed by atoms with van der Waals surface area (Å²) >= 11 is 1.56. The third-order valence-electron chi connectivity index (χ3n) is 2.19. The normalized spacial score (nSPS) is 11.1. The Hall–Kier alpha value is -1.20. The van der Waals surface area contributed by atoms with Gasteiger partial charge in [-0.3, -0.25) is 0 Å². The molecule has 0 atom stereocenters. The highest BCUT2D eigenvalue weighted by molar-refractivity contribution is 7.99. The van der Waals surface area contributed by atoms with Crippen molar-refractivity contribution in [1.29, 1.82) is 0 Å². The second-order valence-electron chi connectivity index (χ2n) is 3.67. The zero-order valence-electron chi connectivity index (χ0n) is 9.81. The first kappa shape index (κ1) is 12.3. The lowest BCUT2D eigenvalue weighted by atomic mass is 10.3. The Bertz CT molecular complexity index is 484. The molecule has 0 aliphatic rings. The number of nitrogens with two attached hydrogens (primary N) is 1. The predicted octanol–water partition coefficient (Wildman–Crippen LogP) is 2.93. The van der Waals surface area contributed by atoms with Crippen LogP contribution in [0.5, 0.6) is 0 Å². The minimum Gasteiger partial charge on any atom is -0.431 e. The Labute approximate surface area is 105 Å². The zero-order chi connectivity index (χ0) is 12.1. The van der Waals surface area contributed by atoms with Crippen molar-refractivity contribution in [2.24, 2.45) is 0 Å². The number of aromatic nitrogens is 1. The summed E-state index contributed by atoms with van der Waals surface area (Å²) in [5.41, 5.74) is 7.96. The van der Waals surface area contributed by atoms with Gasteiger partial charge in [0.2, 0.25) is 0 Å². The Morgan fingerprint density at radius 2 is 2.29 bits per heavy atom. The van der Waals surface area contributed by atoms with Crippen LogP contribution in [-0.2, 0) is 4.74 Å². The van der Waals surface area contributed by atoms with Gasteiger partial charge in [0.15, 0.2) is 5.58 Å². The summed E-state index contributed by atoms with van der Waals surface area (Å²) in [7, 11) is 0. The number of hydrogen-bond acceptors (Lipinski definition) is 5. The van der Waals surface area contributed by atoms with Crippen molar-refractivity contribution < 1.29 is 9.15 Å². The van der Waals surface area contributed by atoms with Gasteiger partial charge in [-0.1, -0.05) is 18.7 Å². The van der Waals surface area contributed by atoms with E-state index in [1.165, 1.54) is 0 Å². The summed E-state index contributed by atoms with van der Waals surface area (Å²) in [4.78, 5) is 4.35. The van der Waals surface area contributed by atoms with E-state index in [1.807, 2.05) is 18.2 Å². The fraction of sp³-hybridized carbons (Fsp3) is 0.417.